The normalized spacial score (nSPS) is 26.0. The van der Waals surface area contributed by atoms with Gasteiger partial charge < -0.3 is 0 Å². The van der Waals surface area contributed by atoms with Gasteiger partial charge in [-0.3, -0.25) is 4.90 Å². The van der Waals surface area contributed by atoms with Crippen molar-refractivity contribution in [1.82, 2.24) is 4.90 Å². The summed E-state index contributed by atoms with van der Waals surface area (Å²) < 4.78 is 0. The lowest BCUT2D eigenvalue weighted by Gasteiger charge is -2.41. The maximum absolute atomic E-state index is 9.75. The molecule has 5 rings (SSSR count). The Morgan fingerprint density at radius 1 is 1.11 bits per heavy atom. The van der Waals surface area contributed by atoms with E-state index in [-0.39, 0.29) is 5.92 Å². The highest BCUT2D eigenvalue weighted by atomic mass is 15.1. The number of allylic oxidation sites excluding steroid dienone is 4. The number of likely N-dealkylation sites (N-methyl/N-ethyl adjacent to an activating group) is 1. The van der Waals surface area contributed by atoms with Crippen LogP contribution in [0.15, 0.2) is 60.2 Å². The summed E-state index contributed by atoms with van der Waals surface area (Å²) >= 11 is 0. The van der Waals surface area contributed by atoms with Gasteiger partial charge in [-0.25, -0.2) is 0 Å². The minimum Gasteiger partial charge on any atom is -0.299 e. The molecule has 134 valence electrons. The molecule has 0 aromatic heterocycles. The van der Waals surface area contributed by atoms with Gasteiger partial charge in [0, 0.05) is 24.1 Å². The molecule has 0 radical (unpaired) electrons. The molecule has 0 N–H and O–H groups in total. The van der Waals surface area contributed by atoms with Crippen LogP contribution in [0.5, 0.6) is 0 Å². The van der Waals surface area contributed by atoms with E-state index in [0.717, 1.165) is 25.0 Å². The highest BCUT2D eigenvalue weighted by molar-refractivity contribution is 5.79. The fraction of sp³-hybridized carbons (Fsp3) is 0.320. The second-order valence-electron chi connectivity index (χ2n) is 8.17. The van der Waals surface area contributed by atoms with Crippen molar-refractivity contribution in [2.75, 3.05) is 13.6 Å². The second kappa shape index (κ2) is 6.22. The van der Waals surface area contributed by atoms with E-state index in [0.29, 0.717) is 12.0 Å². The molecule has 1 heterocycles. The third-order valence-corrected chi connectivity index (χ3v) is 6.68. The van der Waals surface area contributed by atoms with Gasteiger partial charge in [0.25, 0.3) is 0 Å². The Morgan fingerprint density at radius 2 is 1.93 bits per heavy atom. The van der Waals surface area contributed by atoms with E-state index < -0.39 is 0 Å². The van der Waals surface area contributed by atoms with Crippen LogP contribution in [0.3, 0.4) is 0 Å². The summed E-state index contributed by atoms with van der Waals surface area (Å²) in [5.41, 5.74) is 9.42. The molecule has 2 heteroatoms. The van der Waals surface area contributed by atoms with Crippen LogP contribution in [0.1, 0.15) is 41.1 Å². The molecular formula is C25H24N2. The van der Waals surface area contributed by atoms with Crippen LogP contribution >= 0.6 is 0 Å². The summed E-state index contributed by atoms with van der Waals surface area (Å²) in [4.78, 5) is 2.51. The van der Waals surface area contributed by atoms with Gasteiger partial charge in [0.1, 0.15) is 0 Å². The van der Waals surface area contributed by atoms with Gasteiger partial charge in [0.2, 0.25) is 0 Å². The molecule has 2 aromatic carbocycles. The highest BCUT2D eigenvalue weighted by Gasteiger charge is 2.35. The lowest BCUT2D eigenvalue weighted by molar-refractivity contribution is 0.228. The Bertz CT molecular complexity index is 1020. The van der Waals surface area contributed by atoms with Gasteiger partial charge in [-0.05, 0) is 65.3 Å². The van der Waals surface area contributed by atoms with E-state index in [1.807, 2.05) is 12.2 Å². The van der Waals surface area contributed by atoms with Crippen LogP contribution in [0.25, 0.3) is 11.1 Å². The molecule has 27 heavy (non-hydrogen) atoms. The van der Waals surface area contributed by atoms with Gasteiger partial charge >= 0.3 is 0 Å². The maximum Gasteiger partial charge on any atom is 0.0953 e. The number of rotatable bonds is 1. The van der Waals surface area contributed by atoms with Crippen LogP contribution in [-0.4, -0.2) is 18.5 Å². The lowest BCUT2D eigenvalue weighted by atomic mass is 9.70. The lowest BCUT2D eigenvalue weighted by Crippen LogP contribution is -2.35. The van der Waals surface area contributed by atoms with Crippen molar-refractivity contribution < 1.29 is 0 Å². The molecular weight excluding hydrogens is 328 g/mol. The van der Waals surface area contributed by atoms with E-state index in [9.17, 15) is 5.26 Å². The van der Waals surface area contributed by atoms with Crippen LogP contribution in [0.2, 0.25) is 0 Å². The third kappa shape index (κ3) is 2.42. The van der Waals surface area contributed by atoms with Crippen molar-refractivity contribution in [2.24, 2.45) is 5.92 Å². The standard InChI is InChI=1S/C25H24N2/c1-16-6-3-9-19(15-26)23(16)20-10-5-8-18-14-22-25-17(12-13-27(22)2)7-4-11-21(25)24(18)20/h3-11,16,22-23H,12-14H2,1-2H3/t16?,22-,23-/m1/s1. The molecule has 0 fully saturated rings. The topological polar surface area (TPSA) is 27.0 Å². The first-order chi connectivity index (χ1) is 13.2. The number of hydrogen-bond donors (Lipinski definition) is 0. The molecule has 2 aromatic rings. The first-order valence-electron chi connectivity index (χ1n) is 9.91. The molecule has 2 aliphatic carbocycles. The third-order valence-electron chi connectivity index (χ3n) is 6.68. The second-order valence-corrected chi connectivity index (χ2v) is 8.17. The average molecular weight is 352 g/mol. The van der Waals surface area contributed by atoms with E-state index in [1.165, 1.54) is 33.4 Å². The molecule has 3 atom stereocenters. The molecule has 0 amide bonds. The summed E-state index contributed by atoms with van der Waals surface area (Å²) in [6.45, 7) is 3.35. The van der Waals surface area contributed by atoms with Crippen LogP contribution in [0.4, 0.5) is 0 Å². The van der Waals surface area contributed by atoms with Crippen molar-refractivity contribution in [2.45, 2.75) is 31.7 Å². The van der Waals surface area contributed by atoms with E-state index in [2.05, 4.69) is 67.4 Å². The summed E-state index contributed by atoms with van der Waals surface area (Å²) in [7, 11) is 2.25. The van der Waals surface area contributed by atoms with E-state index in [1.54, 1.807) is 0 Å². The number of benzene rings is 2. The molecule has 0 bridgehead atoms. The number of fused-ring (bicyclic) bond motifs is 2. The molecule has 0 spiro atoms. The molecule has 0 saturated carbocycles. The van der Waals surface area contributed by atoms with Gasteiger partial charge in [-0.1, -0.05) is 55.5 Å². The maximum atomic E-state index is 9.75. The van der Waals surface area contributed by atoms with Crippen molar-refractivity contribution in [3.05, 3.63) is 82.5 Å². The molecule has 3 aliphatic rings. The minimum absolute atomic E-state index is 0.142. The van der Waals surface area contributed by atoms with Crippen LogP contribution < -0.4 is 0 Å². The number of nitrogens with zero attached hydrogens (tertiary/aromatic N) is 2. The van der Waals surface area contributed by atoms with Gasteiger partial charge in [0.05, 0.1) is 6.07 Å². The molecule has 1 aliphatic heterocycles. The fourth-order valence-electron chi connectivity index (χ4n) is 5.35. The molecule has 2 nitrogen and oxygen atoms in total. The Hall–Kier alpha value is -2.63. The van der Waals surface area contributed by atoms with E-state index >= 15 is 0 Å². The zero-order valence-corrected chi connectivity index (χ0v) is 15.9. The van der Waals surface area contributed by atoms with Crippen molar-refractivity contribution in [1.29, 1.82) is 5.26 Å². The molecule has 0 saturated heterocycles. The quantitative estimate of drug-likeness (QED) is 0.707. The number of hydrogen-bond acceptors (Lipinski definition) is 2. The van der Waals surface area contributed by atoms with Crippen molar-refractivity contribution in [3.8, 4) is 17.2 Å². The van der Waals surface area contributed by atoms with Crippen LogP contribution in [-0.2, 0) is 12.8 Å². The molecule has 1 unspecified atom stereocenters. The minimum atomic E-state index is 0.142. The SMILES string of the molecule is CC1C=CC=C(C#N)[C@@H]1c1cccc2c1-c1cccc3c1[C@@H](C2)N(C)CC3. The predicted molar refractivity (Wildman–Crippen MR) is 109 cm³/mol. The Kier molecular flexibility index (Phi) is 3.81. The Morgan fingerprint density at radius 3 is 2.78 bits per heavy atom. The van der Waals surface area contributed by atoms with Crippen molar-refractivity contribution >= 4 is 0 Å². The first kappa shape index (κ1) is 16.5. The summed E-state index contributed by atoms with van der Waals surface area (Å²) in [5.74, 6) is 0.472. The van der Waals surface area contributed by atoms with Gasteiger partial charge in [-0.2, -0.15) is 5.26 Å². The predicted octanol–water partition coefficient (Wildman–Crippen LogP) is 5.18. The first-order valence-corrected chi connectivity index (χ1v) is 9.91. The zero-order valence-electron chi connectivity index (χ0n) is 15.9. The highest BCUT2D eigenvalue weighted by Crippen LogP contribution is 2.49. The monoisotopic (exact) mass is 352 g/mol. The largest absolute Gasteiger partial charge is 0.299 e. The smallest absolute Gasteiger partial charge is 0.0953 e. The Balaban J connectivity index is 1.76. The zero-order chi connectivity index (χ0) is 18.5. The van der Waals surface area contributed by atoms with Crippen molar-refractivity contribution in [3.63, 3.8) is 0 Å². The summed E-state index contributed by atoms with van der Waals surface area (Å²) in [5, 5.41) is 9.75. The fourth-order valence-corrected chi connectivity index (χ4v) is 5.35. The number of nitriles is 1. The van der Waals surface area contributed by atoms with Gasteiger partial charge in [0.15, 0.2) is 0 Å². The van der Waals surface area contributed by atoms with Crippen LogP contribution in [0, 0.1) is 17.2 Å². The van der Waals surface area contributed by atoms with E-state index in [4.69, 9.17) is 0 Å². The Labute approximate surface area is 161 Å². The summed E-state index contributed by atoms with van der Waals surface area (Å²) in [6.07, 6.45) is 8.44. The summed E-state index contributed by atoms with van der Waals surface area (Å²) in [6, 6.07) is 16.5. The average Bonchev–Trinajstić information content (AvgIpc) is 2.70. The van der Waals surface area contributed by atoms with Gasteiger partial charge in [-0.15, -0.1) is 0 Å².